The monoisotopic (exact) mass is 224 g/mol. The summed E-state index contributed by atoms with van der Waals surface area (Å²) in [6.07, 6.45) is 0.0983. The molecule has 0 bridgehead atoms. The fourth-order valence-electron chi connectivity index (χ4n) is 1.50. The Balaban J connectivity index is 2.88. The van der Waals surface area contributed by atoms with Crippen molar-refractivity contribution in [3.63, 3.8) is 0 Å². The highest BCUT2D eigenvalue weighted by Crippen LogP contribution is 2.29. The van der Waals surface area contributed by atoms with Gasteiger partial charge in [-0.05, 0) is 26.8 Å². The molecule has 16 heavy (non-hydrogen) atoms. The van der Waals surface area contributed by atoms with Crippen LogP contribution < -0.4 is 4.74 Å². The first kappa shape index (κ1) is 13.0. The molecule has 0 aliphatic rings. The maximum atomic E-state index is 10.3. The summed E-state index contributed by atoms with van der Waals surface area (Å²) in [6.45, 7) is 5.87. The van der Waals surface area contributed by atoms with Gasteiger partial charge >= 0.3 is 0 Å². The Bertz CT molecular complexity index is 332. The zero-order valence-corrected chi connectivity index (χ0v) is 10.4. The lowest BCUT2D eigenvalue weighted by molar-refractivity contribution is -0.0584. The standard InChI is InChI=1S/C13H20O3/c1-10(2)16-9-13(3,14)11-7-5-6-8-12(11)15-4/h5-8,10,14H,9H2,1-4H3. The highest BCUT2D eigenvalue weighted by molar-refractivity contribution is 5.37. The van der Waals surface area contributed by atoms with Gasteiger partial charge in [-0.3, -0.25) is 0 Å². The van der Waals surface area contributed by atoms with Crippen molar-refractivity contribution in [3.05, 3.63) is 29.8 Å². The molecule has 0 saturated heterocycles. The van der Waals surface area contributed by atoms with Crippen molar-refractivity contribution in [2.75, 3.05) is 13.7 Å². The summed E-state index contributed by atoms with van der Waals surface area (Å²) in [7, 11) is 1.60. The van der Waals surface area contributed by atoms with Crippen LogP contribution in [0.1, 0.15) is 26.3 Å². The van der Waals surface area contributed by atoms with E-state index in [0.717, 1.165) is 5.56 Å². The lowest BCUT2D eigenvalue weighted by atomic mass is 9.96. The predicted octanol–water partition coefficient (Wildman–Crippen LogP) is 2.33. The van der Waals surface area contributed by atoms with Crippen molar-refractivity contribution < 1.29 is 14.6 Å². The number of hydrogen-bond acceptors (Lipinski definition) is 3. The van der Waals surface area contributed by atoms with Crippen molar-refractivity contribution in [2.24, 2.45) is 0 Å². The van der Waals surface area contributed by atoms with E-state index < -0.39 is 5.60 Å². The van der Waals surface area contributed by atoms with Gasteiger partial charge in [0.1, 0.15) is 11.4 Å². The van der Waals surface area contributed by atoms with Crippen LogP contribution in [0.3, 0.4) is 0 Å². The van der Waals surface area contributed by atoms with Crippen LogP contribution in [0.5, 0.6) is 5.75 Å². The second kappa shape index (κ2) is 5.32. The van der Waals surface area contributed by atoms with E-state index >= 15 is 0 Å². The van der Waals surface area contributed by atoms with Crippen LogP contribution >= 0.6 is 0 Å². The molecular formula is C13H20O3. The molecule has 1 atom stereocenters. The Hall–Kier alpha value is -1.06. The molecule has 0 heterocycles. The summed E-state index contributed by atoms with van der Waals surface area (Å²) in [5.74, 6) is 0.680. The fraction of sp³-hybridized carbons (Fsp3) is 0.538. The number of benzene rings is 1. The van der Waals surface area contributed by atoms with E-state index in [4.69, 9.17) is 9.47 Å². The third-order valence-corrected chi connectivity index (χ3v) is 2.38. The first-order valence-corrected chi connectivity index (χ1v) is 5.45. The Morgan fingerprint density at radius 1 is 1.31 bits per heavy atom. The van der Waals surface area contributed by atoms with Gasteiger partial charge in [0.05, 0.1) is 19.8 Å². The number of hydrogen-bond donors (Lipinski definition) is 1. The van der Waals surface area contributed by atoms with E-state index in [-0.39, 0.29) is 12.7 Å². The van der Waals surface area contributed by atoms with Crippen molar-refractivity contribution in [2.45, 2.75) is 32.5 Å². The Morgan fingerprint density at radius 2 is 1.94 bits per heavy atom. The zero-order valence-electron chi connectivity index (χ0n) is 10.4. The molecule has 0 saturated carbocycles. The van der Waals surface area contributed by atoms with Crippen LogP contribution in [-0.2, 0) is 10.3 Å². The summed E-state index contributed by atoms with van der Waals surface area (Å²) < 4.78 is 10.7. The van der Waals surface area contributed by atoms with Crippen LogP contribution in [-0.4, -0.2) is 24.9 Å². The number of para-hydroxylation sites is 1. The SMILES string of the molecule is COc1ccccc1C(C)(O)COC(C)C. The van der Waals surface area contributed by atoms with Gasteiger partial charge in [-0.1, -0.05) is 18.2 Å². The fourth-order valence-corrected chi connectivity index (χ4v) is 1.50. The summed E-state index contributed by atoms with van der Waals surface area (Å²) >= 11 is 0. The normalized spacial score (nSPS) is 14.9. The molecule has 1 aromatic rings. The lowest BCUT2D eigenvalue weighted by Crippen LogP contribution is -2.29. The molecule has 3 nitrogen and oxygen atoms in total. The molecule has 1 rings (SSSR count). The van der Waals surface area contributed by atoms with E-state index in [1.54, 1.807) is 14.0 Å². The quantitative estimate of drug-likeness (QED) is 0.834. The van der Waals surface area contributed by atoms with Gasteiger partial charge < -0.3 is 14.6 Å². The molecule has 0 aliphatic heterocycles. The molecule has 0 radical (unpaired) electrons. The first-order chi connectivity index (χ1) is 7.47. The number of rotatable bonds is 5. The van der Waals surface area contributed by atoms with Crippen molar-refractivity contribution in [1.29, 1.82) is 0 Å². The molecule has 0 amide bonds. The molecule has 1 aromatic carbocycles. The second-order valence-electron chi connectivity index (χ2n) is 4.33. The average Bonchev–Trinajstić information content (AvgIpc) is 2.26. The van der Waals surface area contributed by atoms with Gasteiger partial charge in [-0.2, -0.15) is 0 Å². The third-order valence-electron chi connectivity index (χ3n) is 2.38. The third kappa shape index (κ3) is 3.22. The minimum Gasteiger partial charge on any atom is -0.496 e. The van der Waals surface area contributed by atoms with Crippen LogP contribution in [0.4, 0.5) is 0 Å². The van der Waals surface area contributed by atoms with Crippen molar-refractivity contribution in [3.8, 4) is 5.75 Å². The molecule has 0 spiro atoms. The second-order valence-corrected chi connectivity index (χ2v) is 4.33. The molecule has 0 fully saturated rings. The van der Waals surface area contributed by atoms with E-state index in [9.17, 15) is 5.11 Å². The number of aliphatic hydroxyl groups is 1. The van der Waals surface area contributed by atoms with Crippen molar-refractivity contribution >= 4 is 0 Å². The highest BCUT2D eigenvalue weighted by atomic mass is 16.5. The average molecular weight is 224 g/mol. The van der Waals surface area contributed by atoms with Crippen LogP contribution in [0.25, 0.3) is 0 Å². The van der Waals surface area contributed by atoms with Crippen LogP contribution in [0.15, 0.2) is 24.3 Å². The van der Waals surface area contributed by atoms with E-state index in [0.29, 0.717) is 5.75 Å². The number of methoxy groups -OCH3 is 1. The maximum Gasteiger partial charge on any atom is 0.125 e. The summed E-state index contributed by atoms with van der Waals surface area (Å²) in [5, 5.41) is 10.3. The molecular weight excluding hydrogens is 204 g/mol. The molecule has 1 N–H and O–H groups in total. The smallest absolute Gasteiger partial charge is 0.125 e. The summed E-state index contributed by atoms with van der Waals surface area (Å²) in [6, 6.07) is 7.44. The van der Waals surface area contributed by atoms with Gasteiger partial charge in [0.2, 0.25) is 0 Å². The summed E-state index contributed by atoms with van der Waals surface area (Å²) in [4.78, 5) is 0. The van der Waals surface area contributed by atoms with Gasteiger partial charge in [-0.25, -0.2) is 0 Å². The van der Waals surface area contributed by atoms with E-state index in [2.05, 4.69) is 0 Å². The Kier molecular flexibility index (Phi) is 4.33. The van der Waals surface area contributed by atoms with Gasteiger partial charge in [0, 0.05) is 5.56 Å². The first-order valence-electron chi connectivity index (χ1n) is 5.45. The maximum absolute atomic E-state index is 10.3. The van der Waals surface area contributed by atoms with E-state index in [1.165, 1.54) is 0 Å². The largest absolute Gasteiger partial charge is 0.496 e. The minimum absolute atomic E-state index is 0.0983. The highest BCUT2D eigenvalue weighted by Gasteiger charge is 2.27. The molecule has 0 aliphatic carbocycles. The van der Waals surface area contributed by atoms with Gasteiger partial charge in [0.15, 0.2) is 0 Å². The lowest BCUT2D eigenvalue weighted by Gasteiger charge is -2.26. The topological polar surface area (TPSA) is 38.7 Å². The number of ether oxygens (including phenoxy) is 2. The molecule has 90 valence electrons. The Labute approximate surface area is 97.0 Å². The van der Waals surface area contributed by atoms with E-state index in [1.807, 2.05) is 38.1 Å². The predicted molar refractivity (Wildman–Crippen MR) is 63.7 cm³/mol. The molecule has 3 heteroatoms. The minimum atomic E-state index is -1.03. The summed E-state index contributed by atoms with van der Waals surface area (Å²) in [5.41, 5.74) is -0.283. The van der Waals surface area contributed by atoms with Crippen molar-refractivity contribution in [1.82, 2.24) is 0 Å². The van der Waals surface area contributed by atoms with Gasteiger partial charge in [0.25, 0.3) is 0 Å². The molecule has 1 unspecified atom stereocenters. The van der Waals surface area contributed by atoms with Gasteiger partial charge in [-0.15, -0.1) is 0 Å². The van der Waals surface area contributed by atoms with Crippen LogP contribution in [0, 0.1) is 0 Å². The Morgan fingerprint density at radius 3 is 2.50 bits per heavy atom. The van der Waals surface area contributed by atoms with Crippen LogP contribution in [0.2, 0.25) is 0 Å². The zero-order chi connectivity index (χ0) is 12.2. The molecule has 0 aromatic heterocycles.